The predicted molar refractivity (Wildman–Crippen MR) is 112 cm³/mol. The third kappa shape index (κ3) is 6.61. The topological polar surface area (TPSA) is 77.2 Å². The van der Waals surface area contributed by atoms with Gasteiger partial charge in [0.05, 0.1) is 7.11 Å². The number of amides is 1. The van der Waals surface area contributed by atoms with Crippen molar-refractivity contribution in [2.45, 2.75) is 32.1 Å². The summed E-state index contributed by atoms with van der Waals surface area (Å²) in [6, 6.07) is 15.2. The summed E-state index contributed by atoms with van der Waals surface area (Å²) < 4.78 is 10.4. The molecular formula is C22H24ClN3O3. The molecule has 0 aliphatic heterocycles. The molecule has 0 spiro atoms. The van der Waals surface area contributed by atoms with E-state index in [-0.39, 0.29) is 5.91 Å². The van der Waals surface area contributed by atoms with Crippen LogP contribution < -0.4 is 10.1 Å². The molecule has 0 unspecified atom stereocenters. The molecule has 0 aliphatic rings. The number of ether oxygens (including phenoxy) is 1. The molecule has 1 amide bonds. The van der Waals surface area contributed by atoms with Crippen LogP contribution in [0.1, 0.15) is 30.7 Å². The summed E-state index contributed by atoms with van der Waals surface area (Å²) in [6.07, 6.45) is 3.47. The van der Waals surface area contributed by atoms with E-state index in [9.17, 15) is 4.79 Å². The Kier molecular flexibility index (Phi) is 7.64. The Balaban J connectivity index is 1.32. The largest absolute Gasteiger partial charge is 0.497 e. The highest BCUT2D eigenvalue weighted by Crippen LogP contribution is 2.19. The van der Waals surface area contributed by atoms with E-state index in [4.69, 9.17) is 20.9 Å². The minimum atomic E-state index is 0.0390. The first-order valence-electron chi connectivity index (χ1n) is 9.62. The molecule has 0 saturated heterocycles. The highest BCUT2D eigenvalue weighted by Gasteiger charge is 2.09. The molecule has 2 aromatic carbocycles. The Morgan fingerprint density at radius 3 is 2.55 bits per heavy atom. The lowest BCUT2D eigenvalue weighted by molar-refractivity contribution is -0.121. The van der Waals surface area contributed by atoms with E-state index in [0.717, 1.165) is 24.2 Å². The SMILES string of the molecule is COc1ccc(CCCNC(=O)CCCc2nc(-c3ccc(Cl)cc3)no2)cc1. The molecule has 0 bridgehead atoms. The molecule has 0 saturated carbocycles. The number of methoxy groups -OCH3 is 1. The van der Waals surface area contributed by atoms with Gasteiger partial charge in [0, 0.05) is 30.0 Å². The van der Waals surface area contributed by atoms with Gasteiger partial charge in [0.25, 0.3) is 0 Å². The molecule has 0 atom stereocenters. The van der Waals surface area contributed by atoms with E-state index >= 15 is 0 Å². The van der Waals surface area contributed by atoms with Crippen LogP contribution in [0.2, 0.25) is 5.02 Å². The quantitative estimate of drug-likeness (QED) is 0.496. The van der Waals surface area contributed by atoms with Crippen molar-refractivity contribution in [3.05, 3.63) is 65.0 Å². The molecule has 0 fully saturated rings. The van der Waals surface area contributed by atoms with Crippen LogP contribution in [0.5, 0.6) is 5.75 Å². The first-order chi connectivity index (χ1) is 14.1. The summed E-state index contributed by atoms with van der Waals surface area (Å²) in [5.74, 6) is 1.95. The maximum absolute atomic E-state index is 12.0. The van der Waals surface area contributed by atoms with Crippen molar-refractivity contribution >= 4 is 17.5 Å². The van der Waals surface area contributed by atoms with Crippen molar-refractivity contribution in [2.75, 3.05) is 13.7 Å². The Morgan fingerprint density at radius 2 is 1.83 bits per heavy atom. The number of benzene rings is 2. The smallest absolute Gasteiger partial charge is 0.226 e. The van der Waals surface area contributed by atoms with E-state index < -0.39 is 0 Å². The average molecular weight is 414 g/mol. The summed E-state index contributed by atoms with van der Waals surface area (Å²) in [7, 11) is 1.65. The van der Waals surface area contributed by atoms with Gasteiger partial charge in [-0.1, -0.05) is 28.9 Å². The van der Waals surface area contributed by atoms with E-state index in [0.29, 0.717) is 42.5 Å². The van der Waals surface area contributed by atoms with Crippen molar-refractivity contribution < 1.29 is 14.1 Å². The summed E-state index contributed by atoms with van der Waals surface area (Å²) in [5, 5.41) is 7.59. The van der Waals surface area contributed by atoms with Crippen LogP contribution >= 0.6 is 11.6 Å². The maximum atomic E-state index is 12.0. The fraction of sp³-hybridized carbons (Fsp3) is 0.318. The number of nitrogens with one attached hydrogen (secondary N) is 1. The van der Waals surface area contributed by atoms with Crippen LogP contribution in [0.4, 0.5) is 0 Å². The zero-order valence-corrected chi connectivity index (χ0v) is 17.1. The van der Waals surface area contributed by atoms with Gasteiger partial charge in [-0.3, -0.25) is 4.79 Å². The first kappa shape index (κ1) is 20.9. The predicted octanol–water partition coefficient (Wildman–Crippen LogP) is 4.47. The fourth-order valence-corrected chi connectivity index (χ4v) is 3.00. The fourth-order valence-electron chi connectivity index (χ4n) is 2.87. The summed E-state index contributed by atoms with van der Waals surface area (Å²) in [5.41, 5.74) is 2.08. The van der Waals surface area contributed by atoms with Crippen LogP contribution in [-0.4, -0.2) is 29.7 Å². The van der Waals surface area contributed by atoms with Crippen molar-refractivity contribution in [1.29, 1.82) is 0 Å². The third-order valence-corrected chi connectivity index (χ3v) is 4.74. The number of hydrogen-bond donors (Lipinski definition) is 1. The van der Waals surface area contributed by atoms with Crippen molar-refractivity contribution in [2.24, 2.45) is 0 Å². The molecule has 3 rings (SSSR count). The molecule has 1 aromatic heterocycles. The Bertz CT molecular complexity index is 908. The number of carbonyl (C=O) groups is 1. The third-order valence-electron chi connectivity index (χ3n) is 4.49. The molecule has 6 nitrogen and oxygen atoms in total. The number of aryl methyl sites for hydroxylation is 2. The highest BCUT2D eigenvalue weighted by atomic mass is 35.5. The summed E-state index contributed by atoms with van der Waals surface area (Å²) in [4.78, 5) is 16.3. The van der Waals surface area contributed by atoms with Gasteiger partial charge in [0.15, 0.2) is 0 Å². The molecule has 3 aromatic rings. The Labute approximate surface area is 175 Å². The van der Waals surface area contributed by atoms with Gasteiger partial charge in [-0.15, -0.1) is 0 Å². The Morgan fingerprint density at radius 1 is 1.07 bits per heavy atom. The lowest BCUT2D eigenvalue weighted by atomic mass is 10.1. The summed E-state index contributed by atoms with van der Waals surface area (Å²) >= 11 is 5.88. The number of hydrogen-bond acceptors (Lipinski definition) is 5. The number of aromatic nitrogens is 2. The lowest BCUT2D eigenvalue weighted by Gasteiger charge is -2.06. The first-order valence-corrected chi connectivity index (χ1v) is 10.00. The van der Waals surface area contributed by atoms with Gasteiger partial charge in [0.1, 0.15) is 5.75 Å². The van der Waals surface area contributed by atoms with E-state index in [2.05, 4.69) is 15.5 Å². The second kappa shape index (κ2) is 10.6. The number of carbonyl (C=O) groups excluding carboxylic acids is 1. The van der Waals surface area contributed by atoms with Gasteiger partial charge < -0.3 is 14.6 Å². The molecule has 0 aliphatic carbocycles. The second-order valence-electron chi connectivity index (χ2n) is 6.67. The van der Waals surface area contributed by atoms with Gasteiger partial charge in [-0.25, -0.2) is 0 Å². The summed E-state index contributed by atoms with van der Waals surface area (Å²) in [6.45, 7) is 0.659. The number of rotatable bonds is 10. The Hall–Kier alpha value is -2.86. The molecule has 0 radical (unpaired) electrons. The van der Waals surface area contributed by atoms with Crippen molar-refractivity contribution in [3.8, 4) is 17.1 Å². The average Bonchev–Trinajstić information content (AvgIpc) is 3.21. The number of nitrogens with zero attached hydrogens (tertiary/aromatic N) is 2. The zero-order chi connectivity index (χ0) is 20.5. The molecular weight excluding hydrogens is 390 g/mol. The maximum Gasteiger partial charge on any atom is 0.226 e. The highest BCUT2D eigenvalue weighted by molar-refractivity contribution is 6.30. The standard InChI is InChI=1S/C22H24ClN3O3/c1-28-19-13-7-16(8-14-19)4-3-15-24-20(27)5-2-6-21-25-22(26-29-21)17-9-11-18(23)12-10-17/h7-14H,2-6,15H2,1H3,(H,24,27). The molecule has 1 heterocycles. The van der Waals surface area contributed by atoms with Gasteiger partial charge in [-0.2, -0.15) is 4.98 Å². The van der Waals surface area contributed by atoms with Gasteiger partial charge >= 0.3 is 0 Å². The van der Waals surface area contributed by atoms with Crippen LogP contribution in [0.3, 0.4) is 0 Å². The monoisotopic (exact) mass is 413 g/mol. The second-order valence-corrected chi connectivity index (χ2v) is 7.11. The minimum Gasteiger partial charge on any atom is -0.497 e. The normalized spacial score (nSPS) is 10.7. The minimum absolute atomic E-state index is 0.0390. The van der Waals surface area contributed by atoms with E-state index in [1.165, 1.54) is 5.56 Å². The molecule has 7 heteroatoms. The van der Waals surface area contributed by atoms with E-state index in [1.54, 1.807) is 19.2 Å². The molecule has 29 heavy (non-hydrogen) atoms. The van der Waals surface area contributed by atoms with Crippen LogP contribution in [-0.2, 0) is 17.6 Å². The van der Waals surface area contributed by atoms with Crippen molar-refractivity contribution in [1.82, 2.24) is 15.5 Å². The lowest BCUT2D eigenvalue weighted by Crippen LogP contribution is -2.24. The molecule has 152 valence electrons. The zero-order valence-electron chi connectivity index (χ0n) is 16.4. The van der Waals surface area contributed by atoms with Crippen LogP contribution in [0.15, 0.2) is 53.1 Å². The molecule has 1 N–H and O–H groups in total. The number of halogens is 1. The van der Waals surface area contributed by atoms with Crippen LogP contribution in [0, 0.1) is 0 Å². The van der Waals surface area contributed by atoms with Crippen LogP contribution in [0.25, 0.3) is 11.4 Å². The van der Waals surface area contributed by atoms with Gasteiger partial charge in [0.2, 0.25) is 17.6 Å². The van der Waals surface area contributed by atoms with E-state index in [1.807, 2.05) is 36.4 Å². The van der Waals surface area contributed by atoms with Gasteiger partial charge in [-0.05, 0) is 61.2 Å². The van der Waals surface area contributed by atoms with Crippen molar-refractivity contribution in [3.63, 3.8) is 0 Å².